The normalized spacial score (nSPS) is 19.1. The van der Waals surface area contributed by atoms with E-state index >= 15 is 0 Å². The molecule has 15 nitrogen and oxygen atoms in total. The summed E-state index contributed by atoms with van der Waals surface area (Å²) in [5.74, 6) is -1.08. The summed E-state index contributed by atoms with van der Waals surface area (Å²) in [7, 11) is 0. The third-order valence-corrected chi connectivity index (χ3v) is 8.17. The van der Waals surface area contributed by atoms with Gasteiger partial charge in [-0.2, -0.15) is 10.2 Å². The Balaban J connectivity index is 1.28. The number of carbonyl (C=O) groups is 4. The maximum atomic E-state index is 13.8. The molecule has 4 amide bonds. The maximum Gasteiger partial charge on any atom is 0.255 e. The van der Waals surface area contributed by atoms with Crippen molar-refractivity contribution in [3.63, 3.8) is 0 Å². The standard InChI is InChI=1S/C35H37N9O6/c1-21-8-13-29-26(17-37-43(29)18-21)33(47)39-27-16-23-9-11-25(12-10-23)50-15-14-36-30(46)19-44-32(41-31(42-44)24-6-4-3-5-7-24)22(2)38-35(49)28(20-45)40-34(27)48/h3-13,17-18,22,27-28,45H,14-16,19-20H2,1-2H3,(H,36,46)(H,38,49)(H,39,47)(H,40,48)/t22-,27-,28-/m0/s1. The van der Waals surface area contributed by atoms with Crippen molar-refractivity contribution >= 4 is 29.1 Å². The molecule has 5 N–H and O–H groups in total. The van der Waals surface area contributed by atoms with Crippen molar-refractivity contribution in [3.05, 3.63) is 102 Å². The number of fused-ring (bicyclic) bond motifs is 15. The number of aliphatic hydroxyl groups excluding tert-OH is 1. The molecule has 3 aromatic heterocycles. The summed E-state index contributed by atoms with van der Waals surface area (Å²) in [6.07, 6.45) is 3.27. The van der Waals surface area contributed by atoms with Crippen LogP contribution in [0.25, 0.3) is 16.9 Å². The fourth-order valence-electron chi connectivity index (χ4n) is 5.56. The van der Waals surface area contributed by atoms with Crippen molar-refractivity contribution in [2.45, 2.75) is 44.9 Å². The SMILES string of the molecule is Cc1ccc2c(C(=O)N[C@H]3Cc4ccc(cc4)OCCNC(=O)Cn4nc(-c5ccccc5)nc4[C@H](C)NC(=O)[C@H](CO)NC3=O)cnn2c1. The van der Waals surface area contributed by atoms with Crippen LogP contribution in [-0.4, -0.2) is 85.0 Å². The first-order valence-electron chi connectivity index (χ1n) is 16.1. The molecule has 50 heavy (non-hydrogen) atoms. The van der Waals surface area contributed by atoms with Crippen LogP contribution in [0.15, 0.2) is 79.1 Å². The number of ether oxygens (including phenoxy) is 1. The third-order valence-electron chi connectivity index (χ3n) is 8.17. The van der Waals surface area contributed by atoms with E-state index in [2.05, 4.69) is 36.4 Å². The van der Waals surface area contributed by atoms with Crippen LogP contribution in [0, 0.1) is 6.92 Å². The Hall–Kier alpha value is -6.09. The third kappa shape index (κ3) is 7.79. The fourth-order valence-corrected chi connectivity index (χ4v) is 5.56. The monoisotopic (exact) mass is 679 g/mol. The van der Waals surface area contributed by atoms with E-state index in [1.807, 2.05) is 43.3 Å². The van der Waals surface area contributed by atoms with Crippen LogP contribution in [0.4, 0.5) is 0 Å². The predicted octanol–water partition coefficient (Wildman–Crippen LogP) is 1.11. The lowest BCUT2D eigenvalue weighted by molar-refractivity contribution is -0.131. The zero-order chi connectivity index (χ0) is 35.2. The number of hydrogen-bond acceptors (Lipinski definition) is 9. The zero-order valence-electron chi connectivity index (χ0n) is 27.5. The number of rotatable bonds is 4. The van der Waals surface area contributed by atoms with Gasteiger partial charge < -0.3 is 31.1 Å². The first-order chi connectivity index (χ1) is 24.2. The number of amides is 4. The van der Waals surface area contributed by atoms with Gasteiger partial charge in [-0.3, -0.25) is 19.2 Å². The van der Waals surface area contributed by atoms with Crippen LogP contribution in [0.3, 0.4) is 0 Å². The number of carbonyl (C=O) groups excluding carboxylic acids is 4. The van der Waals surface area contributed by atoms with Gasteiger partial charge in [0, 0.05) is 18.2 Å². The largest absolute Gasteiger partial charge is 0.492 e. The number of nitrogens with zero attached hydrogens (tertiary/aromatic N) is 5. The highest BCUT2D eigenvalue weighted by Crippen LogP contribution is 2.20. The molecule has 0 saturated carbocycles. The summed E-state index contributed by atoms with van der Waals surface area (Å²) in [6.45, 7) is 3.07. The van der Waals surface area contributed by atoms with Gasteiger partial charge in [-0.25, -0.2) is 14.2 Å². The molecular formula is C35H37N9O6. The van der Waals surface area contributed by atoms with E-state index in [0.717, 1.165) is 5.56 Å². The lowest BCUT2D eigenvalue weighted by Crippen LogP contribution is -2.55. The van der Waals surface area contributed by atoms with Gasteiger partial charge >= 0.3 is 0 Å². The van der Waals surface area contributed by atoms with Gasteiger partial charge in [0.1, 0.15) is 36.8 Å². The summed E-state index contributed by atoms with van der Waals surface area (Å²) < 4.78 is 8.79. The number of aryl methyl sites for hydroxylation is 1. The van der Waals surface area contributed by atoms with Crippen LogP contribution in [0.5, 0.6) is 5.75 Å². The van der Waals surface area contributed by atoms with Gasteiger partial charge in [0.25, 0.3) is 5.91 Å². The highest BCUT2D eigenvalue weighted by Gasteiger charge is 2.30. The molecule has 2 aromatic carbocycles. The Bertz CT molecular complexity index is 2010. The second kappa shape index (κ2) is 15.0. The van der Waals surface area contributed by atoms with E-state index in [4.69, 9.17) is 4.74 Å². The van der Waals surface area contributed by atoms with Gasteiger partial charge in [-0.05, 0) is 43.2 Å². The first-order valence-corrected chi connectivity index (χ1v) is 16.1. The molecule has 258 valence electrons. The van der Waals surface area contributed by atoms with E-state index in [1.165, 1.54) is 10.9 Å². The van der Waals surface area contributed by atoms with Crippen LogP contribution in [0.1, 0.15) is 40.3 Å². The molecule has 0 fully saturated rings. The Morgan fingerprint density at radius 2 is 1.80 bits per heavy atom. The van der Waals surface area contributed by atoms with E-state index in [1.54, 1.807) is 48.0 Å². The quantitative estimate of drug-likeness (QED) is 0.185. The number of benzene rings is 2. The van der Waals surface area contributed by atoms with E-state index in [9.17, 15) is 24.3 Å². The molecule has 7 rings (SSSR count). The fraction of sp³-hybridized carbons (Fsp3) is 0.286. The smallest absolute Gasteiger partial charge is 0.255 e. The number of hydrogen-bond donors (Lipinski definition) is 5. The van der Waals surface area contributed by atoms with Crippen molar-refractivity contribution in [2.24, 2.45) is 0 Å². The minimum Gasteiger partial charge on any atom is -0.492 e. The number of aliphatic hydroxyl groups is 1. The van der Waals surface area contributed by atoms with Crippen molar-refractivity contribution < 1.29 is 29.0 Å². The van der Waals surface area contributed by atoms with Crippen LogP contribution in [-0.2, 0) is 27.3 Å². The summed E-state index contributed by atoms with van der Waals surface area (Å²) in [5.41, 5.74) is 3.19. The van der Waals surface area contributed by atoms with Gasteiger partial charge in [0.05, 0.1) is 36.5 Å². The maximum absolute atomic E-state index is 13.8. The number of aromatic nitrogens is 5. The lowest BCUT2D eigenvalue weighted by atomic mass is 10.0. The molecular weight excluding hydrogens is 642 g/mol. The summed E-state index contributed by atoms with van der Waals surface area (Å²) >= 11 is 0. The van der Waals surface area contributed by atoms with Crippen molar-refractivity contribution in [1.29, 1.82) is 0 Å². The molecule has 5 aromatic rings. The van der Waals surface area contributed by atoms with Gasteiger partial charge in [0.15, 0.2) is 5.82 Å². The minimum absolute atomic E-state index is 0.0633. The molecule has 3 atom stereocenters. The molecule has 15 heteroatoms. The van der Waals surface area contributed by atoms with E-state index in [-0.39, 0.29) is 43.4 Å². The van der Waals surface area contributed by atoms with Crippen LogP contribution in [0.2, 0.25) is 0 Å². The Morgan fingerprint density at radius 3 is 2.56 bits per heavy atom. The molecule has 2 bridgehead atoms. The zero-order valence-corrected chi connectivity index (χ0v) is 27.5. The summed E-state index contributed by atoms with van der Waals surface area (Å²) in [6, 6.07) is 16.5. The average molecular weight is 680 g/mol. The molecule has 0 saturated heterocycles. The second-order valence-corrected chi connectivity index (χ2v) is 12.0. The minimum atomic E-state index is -1.38. The van der Waals surface area contributed by atoms with Gasteiger partial charge in [-0.15, -0.1) is 0 Å². The van der Waals surface area contributed by atoms with Gasteiger partial charge in [-0.1, -0.05) is 48.5 Å². The predicted molar refractivity (Wildman–Crippen MR) is 181 cm³/mol. The van der Waals surface area contributed by atoms with Crippen LogP contribution < -0.4 is 26.0 Å². The Kier molecular flexibility index (Phi) is 10.1. The number of pyridine rings is 1. The lowest BCUT2D eigenvalue weighted by Gasteiger charge is -2.23. The molecule has 2 aliphatic heterocycles. The highest BCUT2D eigenvalue weighted by molar-refractivity contribution is 6.03. The van der Waals surface area contributed by atoms with Crippen LogP contribution >= 0.6 is 0 Å². The molecule has 0 unspecified atom stereocenters. The van der Waals surface area contributed by atoms with E-state index < -0.39 is 42.5 Å². The molecule has 0 radical (unpaired) electrons. The summed E-state index contributed by atoms with van der Waals surface area (Å²) in [5, 5.41) is 30.0. The molecule has 5 heterocycles. The van der Waals surface area contributed by atoms with E-state index in [0.29, 0.717) is 28.2 Å². The van der Waals surface area contributed by atoms with Gasteiger partial charge in [0.2, 0.25) is 17.7 Å². The molecule has 0 aliphatic carbocycles. The van der Waals surface area contributed by atoms with Crippen molar-refractivity contribution in [1.82, 2.24) is 45.6 Å². The Labute approximate surface area is 287 Å². The Morgan fingerprint density at radius 1 is 1.02 bits per heavy atom. The highest BCUT2D eigenvalue weighted by atomic mass is 16.5. The summed E-state index contributed by atoms with van der Waals surface area (Å²) in [4.78, 5) is 58.3. The van der Waals surface area contributed by atoms with Crippen molar-refractivity contribution in [2.75, 3.05) is 19.8 Å². The molecule has 0 spiro atoms. The first kappa shape index (κ1) is 33.8. The molecule has 2 aliphatic rings. The number of nitrogens with one attached hydrogen (secondary N) is 4. The topological polar surface area (TPSA) is 194 Å². The van der Waals surface area contributed by atoms with Crippen molar-refractivity contribution in [3.8, 4) is 17.1 Å². The second-order valence-electron chi connectivity index (χ2n) is 12.0. The average Bonchev–Trinajstić information content (AvgIpc) is 3.73.